The SMILES string of the molecule is CCN(CCCO)CC1(CNC)CCOC1. The molecule has 0 amide bonds. The fourth-order valence-electron chi connectivity index (χ4n) is 2.46. The number of hydrogen-bond donors (Lipinski definition) is 2. The monoisotopic (exact) mass is 230 g/mol. The Labute approximate surface area is 99.0 Å². The van der Waals surface area contributed by atoms with E-state index in [2.05, 4.69) is 17.1 Å². The zero-order valence-electron chi connectivity index (χ0n) is 10.7. The van der Waals surface area contributed by atoms with Crippen LogP contribution in [0.15, 0.2) is 0 Å². The molecule has 0 bridgehead atoms. The van der Waals surface area contributed by atoms with Gasteiger partial charge in [0.05, 0.1) is 6.61 Å². The second-order valence-electron chi connectivity index (χ2n) is 4.78. The van der Waals surface area contributed by atoms with Gasteiger partial charge in [-0.15, -0.1) is 0 Å². The van der Waals surface area contributed by atoms with Crippen molar-refractivity contribution in [2.45, 2.75) is 19.8 Å². The molecule has 0 aromatic carbocycles. The molecule has 1 aliphatic rings. The molecule has 16 heavy (non-hydrogen) atoms. The first-order valence-electron chi connectivity index (χ1n) is 6.32. The lowest BCUT2D eigenvalue weighted by atomic mass is 9.86. The summed E-state index contributed by atoms with van der Waals surface area (Å²) >= 11 is 0. The highest BCUT2D eigenvalue weighted by molar-refractivity contribution is 4.88. The van der Waals surface area contributed by atoms with E-state index in [1.165, 1.54) is 0 Å². The van der Waals surface area contributed by atoms with E-state index < -0.39 is 0 Å². The van der Waals surface area contributed by atoms with Gasteiger partial charge in [0, 0.05) is 38.3 Å². The largest absolute Gasteiger partial charge is 0.396 e. The summed E-state index contributed by atoms with van der Waals surface area (Å²) in [4.78, 5) is 2.42. The van der Waals surface area contributed by atoms with Crippen molar-refractivity contribution in [2.75, 3.05) is 53.0 Å². The van der Waals surface area contributed by atoms with Crippen molar-refractivity contribution < 1.29 is 9.84 Å². The maximum absolute atomic E-state index is 8.88. The van der Waals surface area contributed by atoms with Crippen LogP contribution < -0.4 is 5.32 Å². The average molecular weight is 230 g/mol. The van der Waals surface area contributed by atoms with Crippen LogP contribution >= 0.6 is 0 Å². The maximum atomic E-state index is 8.88. The molecule has 0 saturated carbocycles. The third-order valence-electron chi connectivity index (χ3n) is 3.38. The van der Waals surface area contributed by atoms with Gasteiger partial charge in [0.25, 0.3) is 0 Å². The van der Waals surface area contributed by atoms with Gasteiger partial charge in [0.2, 0.25) is 0 Å². The number of hydrogen-bond acceptors (Lipinski definition) is 4. The minimum absolute atomic E-state index is 0.278. The predicted octanol–water partition coefficient (Wildman–Crippen LogP) is 0.317. The second kappa shape index (κ2) is 7.22. The summed E-state index contributed by atoms with van der Waals surface area (Å²) in [6.07, 6.45) is 2.01. The normalized spacial score (nSPS) is 25.5. The summed E-state index contributed by atoms with van der Waals surface area (Å²) in [6, 6.07) is 0. The highest BCUT2D eigenvalue weighted by Crippen LogP contribution is 2.29. The zero-order chi connectivity index (χ0) is 11.9. The van der Waals surface area contributed by atoms with Gasteiger partial charge in [0.15, 0.2) is 0 Å². The summed E-state index contributed by atoms with van der Waals surface area (Å²) in [5.74, 6) is 0. The number of ether oxygens (including phenoxy) is 1. The topological polar surface area (TPSA) is 44.7 Å². The molecule has 4 nitrogen and oxygen atoms in total. The summed E-state index contributed by atoms with van der Waals surface area (Å²) < 4.78 is 5.55. The zero-order valence-corrected chi connectivity index (χ0v) is 10.7. The molecule has 0 aromatic heterocycles. The molecule has 0 spiro atoms. The van der Waals surface area contributed by atoms with Gasteiger partial charge in [-0.2, -0.15) is 0 Å². The van der Waals surface area contributed by atoms with E-state index >= 15 is 0 Å². The highest BCUT2D eigenvalue weighted by Gasteiger charge is 2.35. The molecule has 1 rings (SSSR count). The molecule has 1 unspecified atom stereocenters. The minimum atomic E-state index is 0.278. The van der Waals surface area contributed by atoms with E-state index in [1.54, 1.807) is 0 Å². The van der Waals surface area contributed by atoms with E-state index in [1.807, 2.05) is 7.05 Å². The van der Waals surface area contributed by atoms with E-state index in [-0.39, 0.29) is 12.0 Å². The fourth-order valence-corrected chi connectivity index (χ4v) is 2.46. The first-order valence-corrected chi connectivity index (χ1v) is 6.32. The van der Waals surface area contributed by atoms with Crippen LogP contribution in [0, 0.1) is 5.41 Å². The van der Waals surface area contributed by atoms with Crippen LogP contribution in [0.4, 0.5) is 0 Å². The fraction of sp³-hybridized carbons (Fsp3) is 1.00. The molecular formula is C12H26N2O2. The van der Waals surface area contributed by atoms with Crippen molar-refractivity contribution >= 4 is 0 Å². The first-order chi connectivity index (χ1) is 7.76. The standard InChI is InChI=1S/C12H26N2O2/c1-3-14(6-4-7-15)10-12(9-13-2)5-8-16-11-12/h13,15H,3-11H2,1-2H3. The quantitative estimate of drug-likeness (QED) is 0.630. The number of nitrogens with one attached hydrogen (secondary N) is 1. The lowest BCUT2D eigenvalue weighted by Crippen LogP contribution is -2.44. The van der Waals surface area contributed by atoms with Crippen LogP contribution in [0.1, 0.15) is 19.8 Å². The molecule has 1 saturated heterocycles. The summed E-state index contributed by atoms with van der Waals surface area (Å²) in [7, 11) is 2.00. The van der Waals surface area contributed by atoms with Gasteiger partial charge in [-0.3, -0.25) is 0 Å². The molecule has 0 aromatic rings. The molecule has 0 radical (unpaired) electrons. The molecule has 1 atom stereocenters. The Bertz CT molecular complexity index is 182. The average Bonchev–Trinajstić information content (AvgIpc) is 2.73. The van der Waals surface area contributed by atoms with Crippen LogP contribution in [-0.4, -0.2) is 63.1 Å². The maximum Gasteiger partial charge on any atom is 0.0547 e. The van der Waals surface area contributed by atoms with E-state index in [0.717, 1.165) is 52.2 Å². The van der Waals surface area contributed by atoms with Gasteiger partial charge >= 0.3 is 0 Å². The predicted molar refractivity (Wildman–Crippen MR) is 65.6 cm³/mol. The van der Waals surface area contributed by atoms with Crippen molar-refractivity contribution in [2.24, 2.45) is 5.41 Å². The van der Waals surface area contributed by atoms with Gasteiger partial charge in [-0.25, -0.2) is 0 Å². The van der Waals surface area contributed by atoms with Crippen LogP contribution in [0.2, 0.25) is 0 Å². The summed E-state index contributed by atoms with van der Waals surface area (Å²) in [5.41, 5.74) is 0.278. The smallest absolute Gasteiger partial charge is 0.0547 e. The highest BCUT2D eigenvalue weighted by atomic mass is 16.5. The Hall–Kier alpha value is -0.160. The Kier molecular flexibility index (Phi) is 6.28. The van der Waals surface area contributed by atoms with Crippen molar-refractivity contribution in [1.29, 1.82) is 0 Å². The molecule has 1 aliphatic heterocycles. The minimum Gasteiger partial charge on any atom is -0.396 e. The van der Waals surface area contributed by atoms with Crippen molar-refractivity contribution in [3.05, 3.63) is 0 Å². The van der Waals surface area contributed by atoms with Crippen molar-refractivity contribution in [1.82, 2.24) is 10.2 Å². The lowest BCUT2D eigenvalue weighted by Gasteiger charge is -2.33. The number of aliphatic hydroxyl groups excluding tert-OH is 1. The molecule has 0 aliphatic carbocycles. The van der Waals surface area contributed by atoms with Gasteiger partial charge in [-0.05, 0) is 26.4 Å². The van der Waals surface area contributed by atoms with Crippen LogP contribution in [0.3, 0.4) is 0 Å². The molecule has 96 valence electrons. The molecule has 1 fully saturated rings. The van der Waals surface area contributed by atoms with Crippen molar-refractivity contribution in [3.8, 4) is 0 Å². The van der Waals surface area contributed by atoms with E-state index in [9.17, 15) is 0 Å². The third kappa shape index (κ3) is 4.01. The number of nitrogens with zero attached hydrogens (tertiary/aromatic N) is 1. The number of rotatable bonds is 8. The van der Waals surface area contributed by atoms with Crippen LogP contribution in [0.5, 0.6) is 0 Å². The Balaban J connectivity index is 2.45. The first kappa shape index (κ1) is 13.9. The molecule has 1 heterocycles. The van der Waals surface area contributed by atoms with E-state index in [4.69, 9.17) is 9.84 Å². The van der Waals surface area contributed by atoms with Gasteiger partial charge in [-0.1, -0.05) is 6.92 Å². The molecule has 2 N–H and O–H groups in total. The summed E-state index contributed by atoms with van der Waals surface area (Å²) in [6.45, 7) is 8.34. The second-order valence-corrected chi connectivity index (χ2v) is 4.78. The van der Waals surface area contributed by atoms with Crippen LogP contribution in [-0.2, 0) is 4.74 Å². The molecule has 4 heteroatoms. The van der Waals surface area contributed by atoms with Crippen molar-refractivity contribution in [3.63, 3.8) is 0 Å². The molecular weight excluding hydrogens is 204 g/mol. The van der Waals surface area contributed by atoms with Crippen LogP contribution in [0.25, 0.3) is 0 Å². The lowest BCUT2D eigenvalue weighted by molar-refractivity contribution is 0.108. The summed E-state index contributed by atoms with van der Waals surface area (Å²) in [5, 5.41) is 12.2. The van der Waals surface area contributed by atoms with Gasteiger partial charge < -0.3 is 20.1 Å². The Morgan fingerprint density at radius 3 is 2.81 bits per heavy atom. The van der Waals surface area contributed by atoms with Gasteiger partial charge in [0.1, 0.15) is 0 Å². The Morgan fingerprint density at radius 2 is 2.31 bits per heavy atom. The van der Waals surface area contributed by atoms with E-state index in [0.29, 0.717) is 0 Å². The number of aliphatic hydroxyl groups is 1. The third-order valence-corrected chi connectivity index (χ3v) is 3.38. The Morgan fingerprint density at radius 1 is 1.50 bits per heavy atom.